The molecule has 0 bridgehead atoms. The number of carbonyl (C=O) groups is 1. The number of aromatic nitrogens is 1. The van der Waals surface area contributed by atoms with E-state index < -0.39 is 0 Å². The zero-order chi connectivity index (χ0) is 18.9. The lowest BCUT2D eigenvalue weighted by molar-refractivity contribution is -0.142. The van der Waals surface area contributed by atoms with Gasteiger partial charge in [0.25, 0.3) is 0 Å². The number of esters is 1. The van der Waals surface area contributed by atoms with Gasteiger partial charge in [-0.05, 0) is 32.4 Å². The molecule has 1 heterocycles. The van der Waals surface area contributed by atoms with Crippen molar-refractivity contribution >= 4 is 28.7 Å². The molecule has 0 saturated heterocycles. The highest BCUT2D eigenvalue weighted by Gasteiger charge is 2.08. The van der Waals surface area contributed by atoms with Gasteiger partial charge in [0, 0.05) is 10.9 Å². The Bertz CT molecular complexity index is 762. The first-order valence-electron chi connectivity index (χ1n) is 8.27. The van der Waals surface area contributed by atoms with Gasteiger partial charge in [0.1, 0.15) is 5.82 Å². The maximum Gasteiger partial charge on any atom is 0.311 e. The summed E-state index contributed by atoms with van der Waals surface area (Å²) in [5.41, 5.74) is 4.51. The van der Waals surface area contributed by atoms with E-state index in [9.17, 15) is 9.18 Å². The number of rotatable bonds is 9. The van der Waals surface area contributed by atoms with Gasteiger partial charge in [0.05, 0.1) is 37.6 Å². The summed E-state index contributed by atoms with van der Waals surface area (Å²) >= 11 is 1.33. The van der Waals surface area contributed by atoms with Crippen LogP contribution in [-0.2, 0) is 27.3 Å². The molecule has 8 heteroatoms. The molecule has 2 aromatic rings. The first kappa shape index (κ1) is 20.0. The van der Waals surface area contributed by atoms with Crippen molar-refractivity contribution in [1.29, 1.82) is 0 Å². The number of benzene rings is 1. The molecular weight excluding hydrogens is 357 g/mol. The van der Waals surface area contributed by atoms with Crippen molar-refractivity contribution in [2.75, 3.05) is 12.0 Å². The van der Waals surface area contributed by atoms with Gasteiger partial charge in [0.15, 0.2) is 0 Å². The van der Waals surface area contributed by atoms with E-state index in [1.165, 1.54) is 23.6 Å². The average molecular weight is 379 g/mol. The lowest BCUT2D eigenvalue weighted by Crippen LogP contribution is -2.07. The van der Waals surface area contributed by atoms with Gasteiger partial charge in [-0.25, -0.2) is 9.37 Å². The van der Waals surface area contributed by atoms with Gasteiger partial charge >= 0.3 is 5.97 Å². The standard InChI is InChI=1S/C18H22FN3O3S/c1-4-24-17(23)8-15-11-26-18(21-15)22-20-9-13-5-6-14(16(19)7-13)10-25-12(2)3/h5-7,9,11-12H,4,8,10H2,1-3H3,(H,21,22). The number of anilines is 1. The van der Waals surface area contributed by atoms with E-state index in [1.54, 1.807) is 24.4 Å². The molecule has 6 nitrogen and oxygen atoms in total. The van der Waals surface area contributed by atoms with Crippen molar-refractivity contribution in [3.63, 3.8) is 0 Å². The first-order chi connectivity index (χ1) is 12.5. The van der Waals surface area contributed by atoms with Gasteiger partial charge in [0.2, 0.25) is 5.13 Å². The fourth-order valence-electron chi connectivity index (χ4n) is 1.98. The highest BCUT2D eigenvalue weighted by molar-refractivity contribution is 7.13. The third-order valence-electron chi connectivity index (χ3n) is 3.21. The average Bonchev–Trinajstić information content (AvgIpc) is 3.01. The number of nitrogens with one attached hydrogen (secondary N) is 1. The summed E-state index contributed by atoms with van der Waals surface area (Å²) in [5, 5.41) is 6.35. The second-order valence-electron chi connectivity index (χ2n) is 5.71. The van der Waals surface area contributed by atoms with Crippen LogP contribution in [0.25, 0.3) is 0 Å². The predicted octanol–water partition coefficient (Wildman–Crippen LogP) is 3.76. The molecule has 1 aromatic heterocycles. The lowest BCUT2D eigenvalue weighted by Gasteiger charge is -2.08. The third kappa shape index (κ3) is 6.53. The van der Waals surface area contributed by atoms with Crippen LogP contribution in [0.2, 0.25) is 0 Å². The summed E-state index contributed by atoms with van der Waals surface area (Å²) in [6.45, 7) is 6.15. The van der Waals surface area contributed by atoms with Crippen molar-refractivity contribution < 1.29 is 18.7 Å². The Balaban J connectivity index is 1.89. The van der Waals surface area contributed by atoms with Crippen molar-refractivity contribution in [3.8, 4) is 0 Å². The molecule has 0 unspecified atom stereocenters. The van der Waals surface area contributed by atoms with Crippen LogP contribution in [-0.4, -0.2) is 29.9 Å². The van der Waals surface area contributed by atoms with Crippen LogP contribution in [0, 0.1) is 5.82 Å². The van der Waals surface area contributed by atoms with Crippen LogP contribution in [0.3, 0.4) is 0 Å². The highest BCUT2D eigenvalue weighted by Crippen LogP contribution is 2.16. The number of halogens is 1. The lowest BCUT2D eigenvalue weighted by atomic mass is 10.1. The molecule has 26 heavy (non-hydrogen) atoms. The minimum absolute atomic E-state index is 0.0480. The fraction of sp³-hybridized carbons (Fsp3) is 0.389. The van der Waals surface area contributed by atoms with Crippen molar-refractivity contribution in [2.45, 2.75) is 39.9 Å². The molecule has 0 amide bonds. The maximum atomic E-state index is 14.0. The number of ether oxygens (including phenoxy) is 2. The Morgan fingerprint density at radius 2 is 2.27 bits per heavy atom. The maximum absolute atomic E-state index is 14.0. The molecule has 0 radical (unpaired) electrons. The molecule has 1 N–H and O–H groups in total. The number of hydrogen-bond acceptors (Lipinski definition) is 7. The summed E-state index contributed by atoms with van der Waals surface area (Å²) < 4.78 is 24.3. The second-order valence-corrected chi connectivity index (χ2v) is 6.56. The molecule has 0 atom stereocenters. The zero-order valence-electron chi connectivity index (χ0n) is 15.0. The summed E-state index contributed by atoms with van der Waals surface area (Å²) in [7, 11) is 0. The van der Waals surface area contributed by atoms with Crippen molar-refractivity contribution in [3.05, 3.63) is 46.2 Å². The molecule has 0 saturated carbocycles. The summed E-state index contributed by atoms with van der Waals surface area (Å²) in [6, 6.07) is 4.85. The Hall–Kier alpha value is -2.32. The molecule has 1 aromatic carbocycles. The minimum atomic E-state index is -0.333. The number of carbonyl (C=O) groups excluding carboxylic acids is 1. The van der Waals surface area contributed by atoms with Gasteiger partial charge in [-0.1, -0.05) is 12.1 Å². The molecule has 2 rings (SSSR count). The number of nitrogens with zero attached hydrogens (tertiary/aromatic N) is 2. The molecule has 0 spiro atoms. The quantitative estimate of drug-likeness (QED) is 0.408. The minimum Gasteiger partial charge on any atom is -0.466 e. The van der Waals surface area contributed by atoms with Crippen LogP contribution in [0.5, 0.6) is 0 Å². The van der Waals surface area contributed by atoms with Crippen LogP contribution >= 0.6 is 11.3 Å². The van der Waals surface area contributed by atoms with E-state index in [1.807, 2.05) is 13.8 Å². The van der Waals surface area contributed by atoms with Crippen LogP contribution in [0.15, 0.2) is 28.7 Å². The van der Waals surface area contributed by atoms with Crippen LogP contribution in [0.1, 0.15) is 37.6 Å². The second kappa shape index (κ2) is 9.98. The third-order valence-corrected chi connectivity index (χ3v) is 4.00. The van der Waals surface area contributed by atoms with E-state index in [2.05, 4.69) is 15.5 Å². The van der Waals surface area contributed by atoms with Gasteiger partial charge in [-0.3, -0.25) is 10.2 Å². The molecular formula is C18H22FN3O3S. The zero-order valence-corrected chi connectivity index (χ0v) is 15.8. The number of thiazole rings is 1. The smallest absolute Gasteiger partial charge is 0.311 e. The van der Waals surface area contributed by atoms with Gasteiger partial charge in [-0.15, -0.1) is 11.3 Å². The van der Waals surface area contributed by atoms with Crippen LogP contribution < -0.4 is 5.43 Å². The highest BCUT2D eigenvalue weighted by atomic mass is 32.1. The van der Waals surface area contributed by atoms with Crippen molar-refractivity contribution in [2.24, 2.45) is 5.10 Å². The van der Waals surface area contributed by atoms with E-state index >= 15 is 0 Å². The summed E-state index contributed by atoms with van der Waals surface area (Å²) in [4.78, 5) is 15.7. The summed E-state index contributed by atoms with van der Waals surface area (Å²) in [6.07, 6.45) is 1.68. The van der Waals surface area contributed by atoms with Crippen molar-refractivity contribution in [1.82, 2.24) is 4.98 Å². The Labute approximate surface area is 156 Å². The topological polar surface area (TPSA) is 72.8 Å². The molecule has 0 aliphatic carbocycles. The first-order valence-corrected chi connectivity index (χ1v) is 9.15. The monoisotopic (exact) mass is 379 g/mol. The normalized spacial score (nSPS) is 11.3. The fourth-order valence-corrected chi connectivity index (χ4v) is 2.64. The van der Waals surface area contributed by atoms with Crippen LogP contribution in [0.4, 0.5) is 9.52 Å². The number of hydrazone groups is 1. The van der Waals surface area contributed by atoms with E-state index in [0.717, 1.165) is 0 Å². The van der Waals surface area contributed by atoms with E-state index in [4.69, 9.17) is 9.47 Å². The molecule has 0 aliphatic heterocycles. The molecule has 0 fully saturated rings. The Morgan fingerprint density at radius 3 is 2.96 bits per heavy atom. The summed E-state index contributed by atoms with van der Waals surface area (Å²) in [5.74, 6) is -0.648. The predicted molar refractivity (Wildman–Crippen MR) is 100.0 cm³/mol. The largest absolute Gasteiger partial charge is 0.466 e. The van der Waals surface area contributed by atoms with Gasteiger partial charge < -0.3 is 9.47 Å². The Kier molecular flexibility index (Phi) is 7.68. The van der Waals surface area contributed by atoms with Gasteiger partial charge in [-0.2, -0.15) is 5.10 Å². The van der Waals surface area contributed by atoms with E-state index in [-0.39, 0.29) is 30.9 Å². The molecule has 140 valence electrons. The molecule has 0 aliphatic rings. The Morgan fingerprint density at radius 1 is 1.46 bits per heavy atom. The number of hydrogen-bond donors (Lipinski definition) is 1. The van der Waals surface area contributed by atoms with E-state index in [0.29, 0.717) is 28.6 Å². The SMILES string of the molecule is CCOC(=O)Cc1csc(NN=Cc2ccc(COC(C)C)c(F)c2)n1.